The van der Waals surface area contributed by atoms with Gasteiger partial charge in [-0.3, -0.25) is 9.59 Å². The third kappa shape index (κ3) is 4.45. The lowest BCUT2D eigenvalue weighted by Crippen LogP contribution is -2.50. The molecule has 1 fully saturated rings. The minimum atomic E-state index is -0.443. The van der Waals surface area contributed by atoms with Gasteiger partial charge in [0.2, 0.25) is 5.91 Å². The Balaban J connectivity index is 1.50. The van der Waals surface area contributed by atoms with E-state index in [0.29, 0.717) is 44.6 Å². The molecule has 0 aromatic heterocycles. The fourth-order valence-electron chi connectivity index (χ4n) is 3.06. The summed E-state index contributed by atoms with van der Waals surface area (Å²) in [4.78, 5) is 28.1. The summed E-state index contributed by atoms with van der Waals surface area (Å²) in [6.07, 6.45) is 0.792. The highest BCUT2D eigenvalue weighted by Crippen LogP contribution is 2.12. The van der Waals surface area contributed by atoms with Crippen LogP contribution in [0.1, 0.15) is 22.3 Å². The smallest absolute Gasteiger partial charge is 0.254 e. The van der Waals surface area contributed by atoms with Crippen LogP contribution in [-0.4, -0.2) is 47.8 Å². The summed E-state index contributed by atoms with van der Waals surface area (Å²) >= 11 is 0. The van der Waals surface area contributed by atoms with Crippen LogP contribution >= 0.6 is 0 Å². The van der Waals surface area contributed by atoms with E-state index in [1.54, 1.807) is 28.0 Å². The Bertz CT molecular complexity index is 802. The molecule has 1 aliphatic heterocycles. The molecule has 1 saturated heterocycles. The van der Waals surface area contributed by atoms with Gasteiger partial charge in [-0.15, -0.1) is 0 Å². The Hall–Kier alpha value is -2.76. The first-order valence-corrected chi connectivity index (χ1v) is 8.60. The molecule has 0 atom stereocenters. The van der Waals surface area contributed by atoms with Gasteiger partial charge < -0.3 is 9.80 Å². The molecule has 0 radical (unpaired) electrons. The quantitative estimate of drug-likeness (QED) is 0.843. The second-order valence-corrected chi connectivity index (χ2v) is 6.31. The lowest BCUT2D eigenvalue weighted by Gasteiger charge is -2.35. The van der Waals surface area contributed by atoms with Crippen LogP contribution in [0.25, 0.3) is 0 Å². The number of nitrogens with zero attached hydrogens (tertiary/aromatic N) is 2. The summed E-state index contributed by atoms with van der Waals surface area (Å²) in [5.74, 6) is -0.982. The maximum atomic E-state index is 13.3. The zero-order chi connectivity index (χ0) is 18.5. The number of carbonyl (C=O) groups is 2. The van der Waals surface area contributed by atoms with Crippen molar-refractivity contribution in [2.75, 3.05) is 26.2 Å². The summed E-state index contributed by atoms with van der Waals surface area (Å²) in [6.45, 7) is 1.73. The Labute approximate surface area is 151 Å². The van der Waals surface area contributed by atoms with Gasteiger partial charge in [-0.2, -0.15) is 0 Å². The summed E-state index contributed by atoms with van der Waals surface area (Å²) in [6, 6.07) is 11.8. The van der Waals surface area contributed by atoms with Crippen LogP contribution in [0.3, 0.4) is 0 Å². The van der Waals surface area contributed by atoms with Crippen LogP contribution in [0, 0.1) is 11.6 Å². The van der Waals surface area contributed by atoms with Crippen molar-refractivity contribution in [3.05, 3.63) is 71.3 Å². The second kappa shape index (κ2) is 8.08. The maximum Gasteiger partial charge on any atom is 0.254 e. The Morgan fingerprint density at radius 1 is 0.846 bits per heavy atom. The molecule has 26 heavy (non-hydrogen) atoms. The monoisotopic (exact) mass is 358 g/mol. The van der Waals surface area contributed by atoms with Crippen molar-refractivity contribution in [2.45, 2.75) is 12.8 Å². The average molecular weight is 358 g/mol. The van der Waals surface area contributed by atoms with Crippen molar-refractivity contribution >= 4 is 11.8 Å². The lowest BCUT2D eigenvalue weighted by molar-refractivity contribution is -0.132. The van der Waals surface area contributed by atoms with E-state index in [1.807, 2.05) is 0 Å². The van der Waals surface area contributed by atoms with Crippen LogP contribution < -0.4 is 0 Å². The molecule has 2 amide bonds. The highest BCUT2D eigenvalue weighted by molar-refractivity contribution is 5.94. The molecule has 0 unspecified atom stereocenters. The second-order valence-electron chi connectivity index (χ2n) is 6.31. The molecule has 0 aliphatic carbocycles. The number of aryl methyl sites for hydroxylation is 1. The van der Waals surface area contributed by atoms with Gasteiger partial charge in [0.25, 0.3) is 5.91 Å². The molecule has 0 bridgehead atoms. The molecule has 0 N–H and O–H groups in total. The van der Waals surface area contributed by atoms with Gasteiger partial charge in [0.1, 0.15) is 11.6 Å². The van der Waals surface area contributed by atoms with Gasteiger partial charge in [0.05, 0.1) is 0 Å². The van der Waals surface area contributed by atoms with Crippen molar-refractivity contribution in [1.82, 2.24) is 9.80 Å². The number of halogens is 2. The van der Waals surface area contributed by atoms with Gasteiger partial charge in [-0.1, -0.05) is 18.2 Å². The number of rotatable bonds is 4. The molecule has 0 spiro atoms. The maximum absolute atomic E-state index is 13.3. The number of carbonyl (C=O) groups excluding carboxylic acids is 2. The third-order valence-corrected chi connectivity index (χ3v) is 4.51. The molecule has 2 aromatic rings. The highest BCUT2D eigenvalue weighted by Gasteiger charge is 2.24. The normalized spacial score (nSPS) is 14.4. The van der Waals surface area contributed by atoms with Crippen LogP contribution in [0.15, 0.2) is 48.5 Å². The van der Waals surface area contributed by atoms with Crippen LogP contribution in [-0.2, 0) is 11.2 Å². The van der Waals surface area contributed by atoms with Crippen LogP contribution in [0.4, 0.5) is 8.78 Å². The topological polar surface area (TPSA) is 40.6 Å². The number of benzene rings is 2. The Morgan fingerprint density at radius 3 is 2.12 bits per heavy atom. The molecule has 2 aromatic carbocycles. The predicted octanol–water partition coefficient (Wildman–Crippen LogP) is 2.88. The van der Waals surface area contributed by atoms with Crippen molar-refractivity contribution in [1.29, 1.82) is 0 Å². The van der Waals surface area contributed by atoms with Crippen molar-refractivity contribution in [3.63, 3.8) is 0 Å². The molecule has 136 valence electrons. The van der Waals surface area contributed by atoms with E-state index in [1.165, 1.54) is 30.3 Å². The largest absolute Gasteiger partial charge is 0.339 e. The molecular weight excluding hydrogens is 338 g/mol. The first kappa shape index (κ1) is 18.0. The Morgan fingerprint density at radius 2 is 1.46 bits per heavy atom. The van der Waals surface area contributed by atoms with E-state index in [4.69, 9.17) is 0 Å². The molecule has 3 rings (SSSR count). The van der Waals surface area contributed by atoms with Crippen molar-refractivity contribution in [2.24, 2.45) is 0 Å². The number of hydrogen-bond donors (Lipinski definition) is 0. The molecule has 4 nitrogen and oxygen atoms in total. The van der Waals surface area contributed by atoms with Crippen LogP contribution in [0.2, 0.25) is 0 Å². The van der Waals surface area contributed by atoms with Gasteiger partial charge >= 0.3 is 0 Å². The first-order chi connectivity index (χ1) is 12.5. The van der Waals surface area contributed by atoms with E-state index < -0.39 is 5.82 Å². The first-order valence-electron chi connectivity index (χ1n) is 8.60. The predicted molar refractivity (Wildman–Crippen MR) is 93.6 cm³/mol. The zero-order valence-electron chi connectivity index (χ0n) is 14.3. The number of piperazine rings is 1. The van der Waals surface area contributed by atoms with E-state index >= 15 is 0 Å². The lowest BCUT2D eigenvalue weighted by atomic mass is 10.1. The van der Waals surface area contributed by atoms with E-state index in [2.05, 4.69) is 0 Å². The molecule has 1 heterocycles. The van der Waals surface area contributed by atoms with Gasteiger partial charge in [-0.05, 0) is 42.3 Å². The highest BCUT2D eigenvalue weighted by atomic mass is 19.1. The summed E-state index contributed by atoms with van der Waals surface area (Å²) in [7, 11) is 0. The van der Waals surface area contributed by atoms with E-state index in [-0.39, 0.29) is 17.6 Å². The average Bonchev–Trinajstić information content (AvgIpc) is 2.66. The number of hydrogen-bond acceptors (Lipinski definition) is 2. The summed E-state index contributed by atoms with van der Waals surface area (Å²) in [5, 5.41) is 0. The standard InChI is InChI=1S/C20H20F2N2O2/c21-17-5-1-3-15(13-17)7-8-19(25)23-9-11-24(12-10-23)20(26)16-4-2-6-18(22)14-16/h1-6,13-14H,7-12H2. The molecule has 0 saturated carbocycles. The van der Waals surface area contributed by atoms with Gasteiger partial charge in [-0.25, -0.2) is 8.78 Å². The van der Waals surface area contributed by atoms with Gasteiger partial charge in [0.15, 0.2) is 0 Å². The molecular formula is C20H20F2N2O2. The SMILES string of the molecule is O=C(CCc1cccc(F)c1)N1CCN(C(=O)c2cccc(F)c2)CC1. The summed E-state index contributed by atoms with van der Waals surface area (Å²) < 4.78 is 26.4. The minimum absolute atomic E-state index is 0.00730. The summed E-state index contributed by atoms with van der Waals surface area (Å²) in [5.41, 5.74) is 1.11. The fraction of sp³-hybridized carbons (Fsp3) is 0.300. The fourth-order valence-corrected chi connectivity index (χ4v) is 3.06. The third-order valence-electron chi connectivity index (χ3n) is 4.51. The minimum Gasteiger partial charge on any atom is -0.339 e. The Kier molecular flexibility index (Phi) is 5.61. The molecule has 1 aliphatic rings. The molecule has 6 heteroatoms. The zero-order valence-corrected chi connectivity index (χ0v) is 14.3. The van der Waals surface area contributed by atoms with Crippen molar-refractivity contribution < 1.29 is 18.4 Å². The van der Waals surface area contributed by atoms with E-state index in [9.17, 15) is 18.4 Å². The van der Waals surface area contributed by atoms with E-state index in [0.717, 1.165) is 5.56 Å². The number of amides is 2. The van der Waals surface area contributed by atoms with Crippen LogP contribution in [0.5, 0.6) is 0 Å². The van der Waals surface area contributed by atoms with Gasteiger partial charge in [0, 0.05) is 38.2 Å². The van der Waals surface area contributed by atoms with Crippen molar-refractivity contribution in [3.8, 4) is 0 Å².